The molecule has 0 unspecified atom stereocenters. The summed E-state index contributed by atoms with van der Waals surface area (Å²) in [5.74, 6) is 1.19. The number of fused-ring (bicyclic) bond motifs is 1. The summed E-state index contributed by atoms with van der Waals surface area (Å²) in [6, 6.07) is 8.39. The maximum Gasteiger partial charge on any atom is 0.287 e. The molecule has 2 aromatic rings. The molecule has 7 nitrogen and oxygen atoms in total. The summed E-state index contributed by atoms with van der Waals surface area (Å²) in [6.07, 6.45) is 1.69. The second-order valence-electron chi connectivity index (χ2n) is 5.68. The number of furan rings is 1. The zero-order chi connectivity index (χ0) is 16.5. The van der Waals surface area contributed by atoms with Gasteiger partial charge in [-0.1, -0.05) is 0 Å². The number of nitrogens with zero attached hydrogens (tertiary/aromatic N) is 1. The number of ether oxygens (including phenoxy) is 2. The van der Waals surface area contributed by atoms with Gasteiger partial charge in [-0.05, 0) is 24.3 Å². The van der Waals surface area contributed by atoms with Gasteiger partial charge in [-0.25, -0.2) is 0 Å². The molecule has 124 valence electrons. The molecule has 0 spiro atoms. The van der Waals surface area contributed by atoms with E-state index in [2.05, 4.69) is 5.32 Å². The van der Waals surface area contributed by atoms with Crippen LogP contribution >= 0.6 is 0 Å². The van der Waals surface area contributed by atoms with Crippen LogP contribution in [0, 0.1) is 0 Å². The van der Waals surface area contributed by atoms with Crippen molar-refractivity contribution >= 4 is 17.5 Å². The fourth-order valence-electron chi connectivity index (χ4n) is 2.92. The van der Waals surface area contributed by atoms with Gasteiger partial charge in [0.25, 0.3) is 5.91 Å². The van der Waals surface area contributed by atoms with Gasteiger partial charge in [-0.3, -0.25) is 9.59 Å². The molecule has 1 N–H and O–H groups in total. The molecule has 1 atom stereocenters. The number of amides is 2. The van der Waals surface area contributed by atoms with Crippen LogP contribution in [0.15, 0.2) is 41.0 Å². The molecule has 1 aromatic heterocycles. The summed E-state index contributed by atoms with van der Waals surface area (Å²) in [7, 11) is 0. The molecule has 7 heteroatoms. The lowest BCUT2D eigenvalue weighted by Gasteiger charge is -2.22. The first kappa shape index (κ1) is 14.6. The van der Waals surface area contributed by atoms with Crippen LogP contribution in [-0.4, -0.2) is 37.6 Å². The van der Waals surface area contributed by atoms with Crippen molar-refractivity contribution in [2.24, 2.45) is 0 Å². The summed E-state index contributed by atoms with van der Waals surface area (Å²) in [5, 5.41) is 2.82. The van der Waals surface area contributed by atoms with Crippen LogP contribution in [0.4, 0.5) is 5.69 Å². The minimum absolute atomic E-state index is 0.0450. The van der Waals surface area contributed by atoms with Crippen LogP contribution in [0.1, 0.15) is 17.0 Å². The Hall–Kier alpha value is -2.96. The number of hydrogen-bond donors (Lipinski definition) is 1. The van der Waals surface area contributed by atoms with E-state index < -0.39 is 0 Å². The van der Waals surface area contributed by atoms with Crippen molar-refractivity contribution in [3.8, 4) is 11.5 Å². The summed E-state index contributed by atoms with van der Waals surface area (Å²) in [5.41, 5.74) is 0.735. The van der Waals surface area contributed by atoms with Gasteiger partial charge < -0.3 is 24.1 Å². The Labute approximate surface area is 138 Å². The van der Waals surface area contributed by atoms with E-state index in [1.807, 2.05) is 6.07 Å². The molecule has 2 aliphatic rings. The Morgan fingerprint density at radius 3 is 2.79 bits per heavy atom. The second-order valence-corrected chi connectivity index (χ2v) is 5.68. The van der Waals surface area contributed by atoms with Crippen molar-refractivity contribution in [1.82, 2.24) is 5.32 Å². The van der Waals surface area contributed by atoms with Gasteiger partial charge in [0.1, 0.15) is 13.2 Å². The SMILES string of the molecule is O=C(N[C@H]1CC(=O)N(c2ccc3c(c2)OCCO3)C1)c1ccco1. The number of rotatable bonds is 3. The van der Waals surface area contributed by atoms with Gasteiger partial charge in [-0.2, -0.15) is 0 Å². The lowest BCUT2D eigenvalue weighted by Crippen LogP contribution is -2.37. The molecule has 0 saturated carbocycles. The summed E-state index contributed by atoms with van der Waals surface area (Å²) >= 11 is 0. The second kappa shape index (κ2) is 5.92. The van der Waals surface area contributed by atoms with Crippen molar-refractivity contribution in [3.05, 3.63) is 42.4 Å². The first-order chi connectivity index (χ1) is 11.7. The highest BCUT2D eigenvalue weighted by molar-refractivity contribution is 5.98. The largest absolute Gasteiger partial charge is 0.486 e. The highest BCUT2D eigenvalue weighted by atomic mass is 16.6. The van der Waals surface area contributed by atoms with Crippen molar-refractivity contribution in [1.29, 1.82) is 0 Å². The third-order valence-electron chi connectivity index (χ3n) is 4.04. The lowest BCUT2D eigenvalue weighted by molar-refractivity contribution is -0.117. The molecule has 0 aliphatic carbocycles. The molecule has 2 amide bonds. The smallest absolute Gasteiger partial charge is 0.287 e. The molecular formula is C17H16N2O5. The van der Waals surface area contributed by atoms with E-state index in [0.717, 1.165) is 5.69 Å². The van der Waals surface area contributed by atoms with Crippen molar-refractivity contribution in [3.63, 3.8) is 0 Å². The normalized spacial score (nSPS) is 19.4. The number of benzene rings is 1. The van der Waals surface area contributed by atoms with Crippen LogP contribution in [0.5, 0.6) is 11.5 Å². The van der Waals surface area contributed by atoms with Gasteiger partial charge in [-0.15, -0.1) is 0 Å². The quantitative estimate of drug-likeness (QED) is 0.925. The molecule has 0 bridgehead atoms. The van der Waals surface area contributed by atoms with Crippen LogP contribution < -0.4 is 19.7 Å². The lowest BCUT2D eigenvalue weighted by atomic mass is 10.2. The van der Waals surface area contributed by atoms with E-state index in [-0.39, 0.29) is 30.0 Å². The number of carbonyl (C=O) groups excluding carboxylic acids is 2. The number of nitrogens with one attached hydrogen (secondary N) is 1. The van der Waals surface area contributed by atoms with E-state index in [0.29, 0.717) is 31.3 Å². The monoisotopic (exact) mass is 328 g/mol. The summed E-state index contributed by atoms with van der Waals surface area (Å²) in [4.78, 5) is 26.0. The minimum atomic E-state index is -0.318. The van der Waals surface area contributed by atoms with Crippen molar-refractivity contribution in [2.75, 3.05) is 24.7 Å². The van der Waals surface area contributed by atoms with E-state index in [1.165, 1.54) is 6.26 Å². The maximum atomic E-state index is 12.3. The topological polar surface area (TPSA) is 81.0 Å². The molecule has 3 heterocycles. The number of hydrogen-bond acceptors (Lipinski definition) is 5. The summed E-state index contributed by atoms with van der Waals surface area (Å²) < 4.78 is 16.1. The molecule has 1 fully saturated rings. The van der Waals surface area contributed by atoms with E-state index in [9.17, 15) is 9.59 Å². The standard InChI is InChI=1S/C17H16N2O5/c20-16-8-11(18-17(21)14-2-1-5-22-14)10-19(16)12-3-4-13-15(9-12)24-7-6-23-13/h1-5,9,11H,6-8,10H2,(H,18,21)/t11-/m0/s1. The van der Waals surface area contributed by atoms with Crippen molar-refractivity contribution < 1.29 is 23.5 Å². The first-order valence-corrected chi connectivity index (χ1v) is 7.75. The highest BCUT2D eigenvalue weighted by Crippen LogP contribution is 2.35. The van der Waals surface area contributed by atoms with Crippen LogP contribution in [0.2, 0.25) is 0 Å². The molecule has 1 aromatic carbocycles. The van der Waals surface area contributed by atoms with Gasteiger partial charge in [0, 0.05) is 24.7 Å². The molecule has 24 heavy (non-hydrogen) atoms. The van der Waals surface area contributed by atoms with Gasteiger partial charge in [0.15, 0.2) is 17.3 Å². The number of carbonyl (C=O) groups is 2. The molecule has 4 rings (SSSR count). The van der Waals surface area contributed by atoms with E-state index >= 15 is 0 Å². The van der Waals surface area contributed by atoms with Gasteiger partial charge >= 0.3 is 0 Å². The third-order valence-corrected chi connectivity index (χ3v) is 4.04. The first-order valence-electron chi connectivity index (χ1n) is 7.75. The Kier molecular flexibility index (Phi) is 3.60. The Morgan fingerprint density at radius 1 is 1.17 bits per heavy atom. The minimum Gasteiger partial charge on any atom is -0.486 e. The molecule has 1 saturated heterocycles. The Bertz CT molecular complexity index is 771. The molecule has 0 radical (unpaired) electrons. The predicted molar refractivity (Wildman–Crippen MR) is 84.4 cm³/mol. The average Bonchev–Trinajstić information content (AvgIpc) is 3.24. The van der Waals surface area contributed by atoms with Crippen LogP contribution in [0.3, 0.4) is 0 Å². The Morgan fingerprint density at radius 2 is 2.00 bits per heavy atom. The molecule has 2 aliphatic heterocycles. The van der Waals surface area contributed by atoms with E-state index in [4.69, 9.17) is 13.9 Å². The van der Waals surface area contributed by atoms with E-state index in [1.54, 1.807) is 29.2 Å². The van der Waals surface area contributed by atoms with Crippen LogP contribution in [0.25, 0.3) is 0 Å². The molecular weight excluding hydrogens is 312 g/mol. The predicted octanol–water partition coefficient (Wildman–Crippen LogP) is 1.59. The zero-order valence-electron chi connectivity index (χ0n) is 12.9. The maximum absolute atomic E-state index is 12.3. The third kappa shape index (κ3) is 2.68. The fourth-order valence-corrected chi connectivity index (χ4v) is 2.92. The van der Waals surface area contributed by atoms with Crippen LogP contribution in [-0.2, 0) is 4.79 Å². The highest BCUT2D eigenvalue weighted by Gasteiger charge is 2.32. The average molecular weight is 328 g/mol. The van der Waals surface area contributed by atoms with Gasteiger partial charge in [0.2, 0.25) is 5.91 Å². The summed E-state index contributed by atoms with van der Waals surface area (Å²) in [6.45, 7) is 1.42. The van der Waals surface area contributed by atoms with Gasteiger partial charge in [0.05, 0.1) is 12.3 Å². The Balaban J connectivity index is 1.47. The zero-order valence-corrected chi connectivity index (χ0v) is 12.9. The fraction of sp³-hybridized carbons (Fsp3) is 0.294. The van der Waals surface area contributed by atoms with Crippen molar-refractivity contribution in [2.45, 2.75) is 12.5 Å². The number of anilines is 1.